The van der Waals surface area contributed by atoms with E-state index in [0.717, 1.165) is 10.9 Å². The molecule has 3 rings (SSSR count). The van der Waals surface area contributed by atoms with Gasteiger partial charge < -0.3 is 41.9 Å². The van der Waals surface area contributed by atoms with Gasteiger partial charge in [0, 0.05) is 41.8 Å². The number of H-pyrrole nitrogens is 2. The summed E-state index contributed by atoms with van der Waals surface area (Å²) in [4.78, 5) is 59.2. The lowest BCUT2D eigenvalue weighted by Crippen LogP contribution is -2.57. The molecule has 0 aliphatic carbocycles. The van der Waals surface area contributed by atoms with Gasteiger partial charge in [-0.3, -0.25) is 14.4 Å². The van der Waals surface area contributed by atoms with Gasteiger partial charge in [-0.1, -0.05) is 18.2 Å². The van der Waals surface area contributed by atoms with Crippen LogP contribution in [0.3, 0.4) is 0 Å². The largest absolute Gasteiger partial charge is 0.480 e. The Labute approximate surface area is 199 Å². The van der Waals surface area contributed by atoms with E-state index in [1.807, 2.05) is 24.3 Å². The van der Waals surface area contributed by atoms with E-state index in [9.17, 15) is 29.4 Å². The van der Waals surface area contributed by atoms with Crippen LogP contribution in [-0.4, -0.2) is 80.1 Å². The third-order valence-electron chi connectivity index (χ3n) is 5.35. The number of hydrogen-bond acceptors (Lipinski definition) is 7. The summed E-state index contributed by atoms with van der Waals surface area (Å²) >= 11 is 0. The van der Waals surface area contributed by atoms with Gasteiger partial charge in [0.1, 0.15) is 18.1 Å². The number of aliphatic carboxylic acids is 1. The van der Waals surface area contributed by atoms with Crippen LogP contribution in [0.4, 0.5) is 0 Å². The summed E-state index contributed by atoms with van der Waals surface area (Å²) in [6, 6.07) is 3.50. The number of nitrogens with zero attached hydrogens (tertiary/aromatic N) is 1. The van der Waals surface area contributed by atoms with Crippen LogP contribution in [0.15, 0.2) is 43.0 Å². The van der Waals surface area contributed by atoms with E-state index >= 15 is 0 Å². The number of carboxylic acid groups (broad SMARTS) is 1. The van der Waals surface area contributed by atoms with Crippen molar-refractivity contribution in [3.63, 3.8) is 0 Å². The van der Waals surface area contributed by atoms with Gasteiger partial charge >= 0.3 is 5.97 Å². The van der Waals surface area contributed by atoms with E-state index in [1.54, 1.807) is 6.20 Å². The van der Waals surface area contributed by atoms with Crippen molar-refractivity contribution in [3.05, 3.63) is 54.2 Å². The van der Waals surface area contributed by atoms with E-state index in [0.29, 0.717) is 11.3 Å². The molecule has 13 heteroatoms. The molecular formula is C22H27N7O6. The maximum atomic E-state index is 13.2. The van der Waals surface area contributed by atoms with Crippen molar-refractivity contribution in [2.75, 3.05) is 13.2 Å². The maximum Gasteiger partial charge on any atom is 0.328 e. The predicted octanol–water partition coefficient (Wildman–Crippen LogP) is -1.83. The third-order valence-corrected chi connectivity index (χ3v) is 5.35. The third kappa shape index (κ3) is 6.65. The number of aliphatic hydroxyl groups is 1. The summed E-state index contributed by atoms with van der Waals surface area (Å²) in [5.41, 5.74) is 7.46. The fourth-order valence-electron chi connectivity index (χ4n) is 3.54. The SMILES string of the molecule is NCC(=O)NC(Cc1cnc[nH]1)C(=O)NC(Cc1c[nH]c2ccccc12)C(=O)NC(CO)C(=O)O. The summed E-state index contributed by atoms with van der Waals surface area (Å²) in [6.45, 7) is -1.17. The van der Waals surface area contributed by atoms with Crippen LogP contribution in [0.25, 0.3) is 10.9 Å². The van der Waals surface area contributed by atoms with Crippen LogP contribution in [0.2, 0.25) is 0 Å². The molecule has 0 fully saturated rings. The Morgan fingerprint density at radius 3 is 2.29 bits per heavy atom. The Bertz CT molecular complexity index is 1180. The summed E-state index contributed by atoms with van der Waals surface area (Å²) < 4.78 is 0. The summed E-state index contributed by atoms with van der Waals surface area (Å²) in [7, 11) is 0. The molecule has 0 aliphatic heterocycles. The topological polar surface area (TPSA) is 215 Å². The molecule has 0 radical (unpaired) electrons. The standard InChI is InChI=1S/C22H27N7O6/c23-7-19(31)27-17(6-13-9-24-11-26-13)21(33)28-16(20(32)29-18(10-30)22(34)35)5-12-8-25-15-4-2-1-3-14(12)15/h1-4,8-9,11,16-18,25,30H,5-7,10,23H2,(H,24,26)(H,27,31)(H,28,33)(H,29,32)(H,34,35). The van der Waals surface area contributed by atoms with Gasteiger partial charge in [-0.05, 0) is 11.6 Å². The second-order valence-electron chi connectivity index (χ2n) is 7.81. The molecule has 3 aromatic rings. The lowest BCUT2D eigenvalue weighted by Gasteiger charge is -2.24. The zero-order valence-corrected chi connectivity index (χ0v) is 18.7. The number of amides is 3. The number of carboxylic acids is 1. The van der Waals surface area contributed by atoms with Crippen molar-refractivity contribution in [1.29, 1.82) is 0 Å². The van der Waals surface area contributed by atoms with Crippen molar-refractivity contribution < 1.29 is 29.4 Å². The summed E-state index contributed by atoms with van der Waals surface area (Å²) in [6.07, 6.45) is 4.66. The monoisotopic (exact) mass is 485 g/mol. The molecule has 2 aromatic heterocycles. The van der Waals surface area contributed by atoms with E-state index in [4.69, 9.17) is 5.73 Å². The van der Waals surface area contributed by atoms with Gasteiger partial charge in [0.05, 0.1) is 19.5 Å². The zero-order chi connectivity index (χ0) is 25.4. The number of aromatic nitrogens is 3. The highest BCUT2D eigenvalue weighted by molar-refractivity contribution is 5.94. The molecule has 1 aromatic carbocycles. The minimum Gasteiger partial charge on any atom is -0.480 e. The number of nitrogens with two attached hydrogens (primary N) is 1. The van der Waals surface area contributed by atoms with Gasteiger partial charge in [0.25, 0.3) is 0 Å². The number of para-hydroxylation sites is 1. The van der Waals surface area contributed by atoms with Crippen LogP contribution in [-0.2, 0) is 32.0 Å². The number of hydrogen-bond donors (Lipinski definition) is 8. The molecule has 0 saturated heterocycles. The van der Waals surface area contributed by atoms with Gasteiger partial charge in [-0.25, -0.2) is 9.78 Å². The molecule has 0 aliphatic rings. The Morgan fingerprint density at radius 2 is 1.66 bits per heavy atom. The average molecular weight is 486 g/mol. The number of rotatable bonds is 12. The number of aromatic amines is 2. The summed E-state index contributed by atoms with van der Waals surface area (Å²) in [5.74, 6) is -3.49. The first-order chi connectivity index (χ1) is 16.8. The van der Waals surface area contributed by atoms with Gasteiger partial charge in [0.2, 0.25) is 17.7 Å². The number of carbonyl (C=O) groups excluding carboxylic acids is 3. The van der Waals surface area contributed by atoms with E-state index in [2.05, 4.69) is 30.9 Å². The first kappa shape index (κ1) is 25.4. The van der Waals surface area contributed by atoms with Crippen LogP contribution >= 0.6 is 0 Å². The van der Waals surface area contributed by atoms with E-state index in [-0.39, 0.29) is 19.4 Å². The summed E-state index contributed by atoms with van der Waals surface area (Å²) in [5, 5.41) is 26.7. The molecule has 9 N–H and O–H groups in total. The Hall–Kier alpha value is -4.23. The molecule has 3 atom stereocenters. The molecule has 0 spiro atoms. The molecule has 186 valence electrons. The van der Waals surface area contributed by atoms with E-state index < -0.39 is 48.4 Å². The normalized spacial score (nSPS) is 13.5. The molecule has 35 heavy (non-hydrogen) atoms. The second kappa shape index (κ2) is 11.8. The average Bonchev–Trinajstić information content (AvgIpc) is 3.51. The van der Waals surface area contributed by atoms with Gasteiger partial charge in [0.15, 0.2) is 0 Å². The van der Waals surface area contributed by atoms with E-state index in [1.165, 1.54) is 12.5 Å². The van der Waals surface area contributed by atoms with Crippen molar-refractivity contribution in [3.8, 4) is 0 Å². The smallest absolute Gasteiger partial charge is 0.328 e. The fourth-order valence-corrected chi connectivity index (χ4v) is 3.54. The number of aliphatic hydroxyl groups excluding tert-OH is 1. The molecular weight excluding hydrogens is 458 g/mol. The lowest BCUT2D eigenvalue weighted by atomic mass is 10.0. The quantitative estimate of drug-likeness (QED) is 0.146. The highest BCUT2D eigenvalue weighted by Gasteiger charge is 2.30. The van der Waals surface area contributed by atoms with Crippen molar-refractivity contribution >= 4 is 34.6 Å². The number of fused-ring (bicyclic) bond motifs is 1. The molecule has 2 heterocycles. The molecule has 3 amide bonds. The number of benzene rings is 1. The highest BCUT2D eigenvalue weighted by atomic mass is 16.4. The molecule has 0 bridgehead atoms. The number of nitrogens with one attached hydrogen (secondary N) is 5. The van der Waals surface area contributed by atoms with Crippen LogP contribution in [0, 0.1) is 0 Å². The molecule has 13 nitrogen and oxygen atoms in total. The molecule has 0 saturated carbocycles. The first-order valence-corrected chi connectivity index (χ1v) is 10.8. The van der Waals surface area contributed by atoms with Crippen molar-refractivity contribution in [1.82, 2.24) is 30.9 Å². The maximum absolute atomic E-state index is 13.2. The van der Waals surface area contributed by atoms with Crippen LogP contribution in [0.5, 0.6) is 0 Å². The minimum atomic E-state index is -1.55. The zero-order valence-electron chi connectivity index (χ0n) is 18.7. The number of carbonyl (C=O) groups is 4. The first-order valence-electron chi connectivity index (χ1n) is 10.8. The van der Waals surface area contributed by atoms with Crippen molar-refractivity contribution in [2.24, 2.45) is 5.73 Å². The molecule has 3 unspecified atom stereocenters. The van der Waals surface area contributed by atoms with Crippen LogP contribution in [0.1, 0.15) is 11.3 Å². The van der Waals surface area contributed by atoms with Crippen LogP contribution < -0.4 is 21.7 Å². The number of imidazole rings is 1. The lowest BCUT2D eigenvalue weighted by molar-refractivity contribution is -0.143. The Morgan fingerprint density at radius 1 is 0.971 bits per heavy atom. The van der Waals surface area contributed by atoms with Gasteiger partial charge in [-0.15, -0.1) is 0 Å². The predicted molar refractivity (Wildman–Crippen MR) is 124 cm³/mol. The van der Waals surface area contributed by atoms with Gasteiger partial charge in [-0.2, -0.15) is 0 Å². The Kier molecular flexibility index (Phi) is 8.53. The highest BCUT2D eigenvalue weighted by Crippen LogP contribution is 2.19. The van der Waals surface area contributed by atoms with Crippen molar-refractivity contribution in [2.45, 2.75) is 31.0 Å². The fraction of sp³-hybridized carbons (Fsp3) is 0.318. The second-order valence-corrected chi connectivity index (χ2v) is 7.81. The minimum absolute atomic E-state index is 0.0148. The Balaban J connectivity index is 1.85.